The summed E-state index contributed by atoms with van der Waals surface area (Å²) in [6, 6.07) is 0. The molecule has 0 aliphatic rings. The molecule has 0 aliphatic heterocycles. The molecule has 10 heteroatoms. The molecule has 0 amide bonds. The van der Waals surface area contributed by atoms with Gasteiger partial charge in [0.05, 0.1) is 13.0 Å². The molecule has 0 aromatic heterocycles. The second kappa shape index (κ2) is 8.32. The molecule has 0 unspecified atom stereocenters. The molecule has 0 saturated carbocycles. The van der Waals surface area contributed by atoms with Gasteiger partial charge in [0.15, 0.2) is 0 Å². The van der Waals surface area contributed by atoms with Gasteiger partial charge in [0.2, 0.25) is 6.10 Å². The van der Waals surface area contributed by atoms with Crippen LogP contribution < -0.4 is 0 Å². The number of hydrogen-bond acceptors (Lipinski definition) is 8. The fourth-order valence-corrected chi connectivity index (χ4v) is 1.23. The minimum absolute atomic E-state index is 0.571. The molecule has 0 radical (unpaired) electrons. The monoisotopic (exact) mass is 308 g/mol. The molecule has 4 atom stereocenters. The summed E-state index contributed by atoms with van der Waals surface area (Å²) >= 11 is 0. The predicted molar refractivity (Wildman–Crippen MR) is 64.0 cm³/mol. The normalized spacial score (nSPS) is 16.4. The summed E-state index contributed by atoms with van der Waals surface area (Å²) < 4.78 is 4.35. The lowest BCUT2D eigenvalue weighted by Gasteiger charge is -2.26. The highest BCUT2D eigenvalue weighted by Crippen LogP contribution is 2.12. The highest BCUT2D eigenvalue weighted by atomic mass is 16.6. The number of aliphatic hydroxyl groups is 4. The molecular weight excluding hydrogens is 292 g/mol. The molecule has 0 spiro atoms. The Kier molecular flexibility index (Phi) is 7.52. The molecule has 0 aliphatic carbocycles. The van der Waals surface area contributed by atoms with Gasteiger partial charge in [-0.3, -0.25) is 4.79 Å². The molecule has 0 fully saturated rings. The standard InChI is InChI=1S/C11H16O10/c1-4(2-6(14)15)11(20)21-9(10(18)19)8(17)7(16)5(13)3-12/h5,7-9,12-13,16-17H,1-3H2,(H,14,15)(H,18,19)/t5-,7-,8+,9-/m1/s1. The molecule has 6 N–H and O–H groups in total. The van der Waals surface area contributed by atoms with Crippen molar-refractivity contribution in [1.29, 1.82) is 0 Å². The molecule has 10 nitrogen and oxygen atoms in total. The van der Waals surface area contributed by atoms with E-state index in [1.807, 2.05) is 0 Å². The van der Waals surface area contributed by atoms with E-state index in [1.54, 1.807) is 0 Å². The molecule has 0 saturated heterocycles. The highest BCUT2D eigenvalue weighted by Gasteiger charge is 2.38. The van der Waals surface area contributed by atoms with E-state index in [0.29, 0.717) is 0 Å². The lowest BCUT2D eigenvalue weighted by atomic mass is 10.0. The Labute approximate surface area is 118 Å². The van der Waals surface area contributed by atoms with Crippen molar-refractivity contribution >= 4 is 17.9 Å². The van der Waals surface area contributed by atoms with Crippen LogP contribution in [0.4, 0.5) is 0 Å². The number of carbonyl (C=O) groups is 3. The molecule has 0 heterocycles. The Morgan fingerprint density at radius 3 is 1.95 bits per heavy atom. The van der Waals surface area contributed by atoms with Crippen LogP contribution in [-0.4, -0.2) is 79.6 Å². The van der Waals surface area contributed by atoms with Crippen molar-refractivity contribution in [3.63, 3.8) is 0 Å². The Hall–Kier alpha value is -2.01. The summed E-state index contributed by atoms with van der Waals surface area (Å²) in [4.78, 5) is 32.7. The van der Waals surface area contributed by atoms with Crippen LogP contribution in [0.15, 0.2) is 12.2 Å². The van der Waals surface area contributed by atoms with Crippen LogP contribution in [0.1, 0.15) is 6.42 Å². The van der Waals surface area contributed by atoms with E-state index in [9.17, 15) is 24.6 Å². The van der Waals surface area contributed by atoms with Crippen molar-refractivity contribution in [1.82, 2.24) is 0 Å². The van der Waals surface area contributed by atoms with E-state index in [-0.39, 0.29) is 0 Å². The summed E-state index contributed by atoms with van der Waals surface area (Å²) in [6.07, 6.45) is -9.28. The van der Waals surface area contributed by atoms with Gasteiger partial charge in [-0.25, -0.2) is 9.59 Å². The average molecular weight is 308 g/mol. The number of carboxylic acids is 2. The van der Waals surface area contributed by atoms with E-state index >= 15 is 0 Å². The number of ether oxygens (including phenoxy) is 1. The van der Waals surface area contributed by atoms with Crippen molar-refractivity contribution in [2.24, 2.45) is 0 Å². The topological polar surface area (TPSA) is 182 Å². The van der Waals surface area contributed by atoms with Gasteiger partial charge in [-0.05, 0) is 0 Å². The maximum absolute atomic E-state index is 11.4. The lowest BCUT2D eigenvalue weighted by Crippen LogP contribution is -2.50. The Bertz CT molecular complexity index is 417. The summed E-state index contributed by atoms with van der Waals surface area (Å²) in [5.41, 5.74) is -0.571. The van der Waals surface area contributed by atoms with Gasteiger partial charge >= 0.3 is 17.9 Å². The van der Waals surface area contributed by atoms with Crippen LogP contribution in [0.5, 0.6) is 0 Å². The highest BCUT2D eigenvalue weighted by molar-refractivity contribution is 5.94. The SMILES string of the molecule is C=C(CC(=O)O)C(=O)O[C@@H](C(=O)O)[C@@H](O)[C@H](O)[C@H](O)CO. The number of rotatable bonds is 9. The van der Waals surface area contributed by atoms with Crippen molar-refractivity contribution in [2.75, 3.05) is 6.61 Å². The second-order valence-electron chi connectivity index (χ2n) is 4.07. The number of esters is 1. The molecule has 21 heavy (non-hydrogen) atoms. The smallest absolute Gasteiger partial charge is 0.347 e. The lowest BCUT2D eigenvalue weighted by molar-refractivity contribution is -0.180. The van der Waals surface area contributed by atoms with Crippen molar-refractivity contribution in [3.05, 3.63) is 12.2 Å². The maximum Gasteiger partial charge on any atom is 0.347 e. The van der Waals surface area contributed by atoms with E-state index in [0.717, 1.165) is 0 Å². The summed E-state index contributed by atoms with van der Waals surface area (Å²) in [7, 11) is 0. The van der Waals surface area contributed by atoms with Crippen LogP contribution in [-0.2, 0) is 19.1 Å². The van der Waals surface area contributed by atoms with E-state index in [4.69, 9.17) is 20.4 Å². The van der Waals surface area contributed by atoms with Crippen LogP contribution in [0.25, 0.3) is 0 Å². The van der Waals surface area contributed by atoms with Crippen molar-refractivity contribution in [3.8, 4) is 0 Å². The van der Waals surface area contributed by atoms with Gasteiger partial charge in [0, 0.05) is 5.57 Å². The molecule has 120 valence electrons. The molecule has 0 rings (SSSR count). The molecular formula is C11H16O10. The third kappa shape index (κ3) is 5.87. The van der Waals surface area contributed by atoms with Crippen LogP contribution in [0.3, 0.4) is 0 Å². The zero-order chi connectivity index (χ0) is 16.7. The van der Waals surface area contributed by atoms with Crippen LogP contribution in [0, 0.1) is 0 Å². The zero-order valence-electron chi connectivity index (χ0n) is 10.7. The van der Waals surface area contributed by atoms with Gasteiger partial charge in [0.1, 0.15) is 18.3 Å². The largest absolute Gasteiger partial charge is 0.481 e. The first kappa shape index (κ1) is 19.0. The van der Waals surface area contributed by atoms with Gasteiger partial charge in [-0.2, -0.15) is 0 Å². The number of aliphatic carboxylic acids is 2. The average Bonchev–Trinajstić information content (AvgIpc) is 2.40. The maximum atomic E-state index is 11.4. The van der Waals surface area contributed by atoms with Gasteiger partial charge in [0.25, 0.3) is 0 Å². The quantitative estimate of drug-likeness (QED) is 0.191. The van der Waals surface area contributed by atoms with Crippen LogP contribution in [0.2, 0.25) is 0 Å². The fourth-order valence-electron chi connectivity index (χ4n) is 1.23. The van der Waals surface area contributed by atoms with E-state index in [2.05, 4.69) is 11.3 Å². The van der Waals surface area contributed by atoms with E-state index in [1.165, 1.54) is 0 Å². The predicted octanol–water partition coefficient (Wildman–Crippen LogP) is -2.91. The van der Waals surface area contributed by atoms with Crippen molar-refractivity contribution < 1.29 is 49.8 Å². The van der Waals surface area contributed by atoms with Gasteiger partial charge in [-0.1, -0.05) is 6.58 Å². The zero-order valence-corrected chi connectivity index (χ0v) is 10.7. The van der Waals surface area contributed by atoms with Gasteiger partial charge < -0.3 is 35.4 Å². The molecule has 0 aromatic rings. The summed E-state index contributed by atoms with van der Waals surface area (Å²) in [6.45, 7) is 2.11. The van der Waals surface area contributed by atoms with Crippen LogP contribution >= 0.6 is 0 Å². The third-order valence-corrected chi connectivity index (χ3v) is 2.37. The molecule has 0 bridgehead atoms. The minimum Gasteiger partial charge on any atom is -0.481 e. The van der Waals surface area contributed by atoms with Crippen molar-refractivity contribution in [2.45, 2.75) is 30.8 Å². The number of aliphatic hydroxyl groups excluding tert-OH is 4. The first-order valence-electron chi connectivity index (χ1n) is 5.60. The molecule has 0 aromatic carbocycles. The van der Waals surface area contributed by atoms with E-state index < -0.39 is 60.9 Å². The Morgan fingerprint density at radius 1 is 1.05 bits per heavy atom. The Morgan fingerprint density at radius 2 is 1.57 bits per heavy atom. The fraction of sp³-hybridized carbons (Fsp3) is 0.545. The van der Waals surface area contributed by atoms with Gasteiger partial charge in [-0.15, -0.1) is 0 Å². The summed E-state index contributed by atoms with van der Waals surface area (Å²) in [5, 5.41) is 53.9. The second-order valence-corrected chi connectivity index (χ2v) is 4.07. The third-order valence-electron chi connectivity index (χ3n) is 2.37. The number of carbonyl (C=O) groups excluding carboxylic acids is 1. The number of carboxylic acid groups (broad SMARTS) is 2. The Balaban J connectivity index is 4.92. The number of hydrogen-bond donors (Lipinski definition) is 6. The minimum atomic E-state index is -2.28. The summed E-state index contributed by atoms with van der Waals surface area (Å²) in [5.74, 6) is -4.64. The first-order valence-corrected chi connectivity index (χ1v) is 5.60. The first-order chi connectivity index (χ1) is 9.61.